The quantitative estimate of drug-likeness (QED) is 0.829. The number of alkyl halides is 3. The minimum atomic E-state index is -4.49. The molecule has 1 rings (SSSR count). The first-order valence-electron chi connectivity index (χ1n) is 6.58. The second-order valence-corrected chi connectivity index (χ2v) is 5.21. The van der Waals surface area contributed by atoms with Crippen molar-refractivity contribution >= 4 is 11.9 Å². The summed E-state index contributed by atoms with van der Waals surface area (Å²) in [5.41, 5.74) is 0. The number of carbonyl (C=O) groups is 2. The first-order valence-corrected chi connectivity index (χ1v) is 6.58. The molecule has 2 unspecified atom stereocenters. The van der Waals surface area contributed by atoms with Crippen molar-refractivity contribution in [1.82, 2.24) is 15.5 Å². The number of piperidine rings is 1. The average molecular weight is 295 g/mol. The van der Waals surface area contributed by atoms with E-state index in [1.807, 2.05) is 10.2 Å². The summed E-state index contributed by atoms with van der Waals surface area (Å²) in [5, 5.41) is 3.54. The van der Waals surface area contributed by atoms with E-state index in [9.17, 15) is 22.8 Å². The number of urea groups is 1. The number of imide groups is 1. The van der Waals surface area contributed by atoms with Crippen molar-refractivity contribution in [1.29, 1.82) is 0 Å². The van der Waals surface area contributed by atoms with Gasteiger partial charge in [-0.25, -0.2) is 4.79 Å². The Balaban J connectivity index is 2.39. The van der Waals surface area contributed by atoms with Crippen LogP contribution in [0.4, 0.5) is 18.0 Å². The van der Waals surface area contributed by atoms with E-state index in [1.165, 1.54) is 0 Å². The number of hydrogen-bond acceptors (Lipinski definition) is 3. The molecule has 0 aromatic rings. The Morgan fingerprint density at radius 3 is 2.60 bits per heavy atom. The first kappa shape index (κ1) is 16.7. The molecule has 20 heavy (non-hydrogen) atoms. The lowest BCUT2D eigenvalue weighted by Gasteiger charge is -2.34. The number of nitrogens with one attached hydrogen (secondary N) is 2. The maximum absolute atomic E-state index is 11.9. The van der Waals surface area contributed by atoms with Gasteiger partial charge in [-0.2, -0.15) is 13.2 Å². The molecule has 1 heterocycles. The summed E-state index contributed by atoms with van der Waals surface area (Å²) in [4.78, 5) is 24.9. The third-order valence-corrected chi connectivity index (χ3v) is 3.30. The summed E-state index contributed by atoms with van der Waals surface area (Å²) >= 11 is 0. The van der Waals surface area contributed by atoms with Crippen LogP contribution in [0.25, 0.3) is 0 Å². The topological polar surface area (TPSA) is 61.4 Å². The van der Waals surface area contributed by atoms with Gasteiger partial charge in [-0.3, -0.25) is 15.0 Å². The molecule has 8 heteroatoms. The lowest BCUT2D eigenvalue weighted by molar-refractivity contribution is -0.127. The molecule has 5 nitrogen and oxygen atoms in total. The van der Waals surface area contributed by atoms with Crippen molar-refractivity contribution < 1.29 is 22.8 Å². The highest BCUT2D eigenvalue weighted by molar-refractivity contribution is 5.96. The fourth-order valence-corrected chi connectivity index (χ4v) is 2.18. The Morgan fingerprint density at radius 2 is 2.05 bits per heavy atom. The van der Waals surface area contributed by atoms with E-state index in [2.05, 4.69) is 6.92 Å². The van der Waals surface area contributed by atoms with Gasteiger partial charge in [0.2, 0.25) is 5.91 Å². The molecule has 1 aliphatic rings. The van der Waals surface area contributed by atoms with Gasteiger partial charge in [0.15, 0.2) is 0 Å². The van der Waals surface area contributed by atoms with Crippen LogP contribution < -0.4 is 10.6 Å². The zero-order valence-corrected chi connectivity index (χ0v) is 11.6. The highest BCUT2D eigenvalue weighted by atomic mass is 19.4. The molecule has 0 bridgehead atoms. The lowest BCUT2D eigenvalue weighted by Crippen LogP contribution is -2.52. The third kappa shape index (κ3) is 5.77. The number of carbonyl (C=O) groups excluding carboxylic acids is 2. The summed E-state index contributed by atoms with van der Waals surface area (Å²) in [6.45, 7) is 3.76. The molecule has 0 aromatic carbocycles. The van der Waals surface area contributed by atoms with E-state index in [-0.39, 0.29) is 0 Å². The average Bonchev–Trinajstić information content (AvgIpc) is 2.34. The predicted molar refractivity (Wildman–Crippen MR) is 67.0 cm³/mol. The molecule has 2 N–H and O–H groups in total. The summed E-state index contributed by atoms with van der Waals surface area (Å²) < 4.78 is 35.7. The van der Waals surface area contributed by atoms with Crippen LogP contribution in [0.5, 0.6) is 0 Å². The van der Waals surface area contributed by atoms with E-state index < -0.39 is 30.7 Å². The minimum absolute atomic E-state index is 0.470. The molecule has 1 saturated heterocycles. The normalized spacial score (nSPS) is 22.1. The van der Waals surface area contributed by atoms with Gasteiger partial charge in [0.1, 0.15) is 6.54 Å². The van der Waals surface area contributed by atoms with Gasteiger partial charge in [0.25, 0.3) is 0 Å². The van der Waals surface area contributed by atoms with Gasteiger partial charge >= 0.3 is 12.2 Å². The van der Waals surface area contributed by atoms with Crippen LogP contribution in [0, 0.1) is 5.92 Å². The van der Waals surface area contributed by atoms with E-state index in [1.54, 1.807) is 12.2 Å². The second-order valence-electron chi connectivity index (χ2n) is 5.21. The first-order chi connectivity index (χ1) is 9.19. The molecule has 0 aliphatic carbocycles. The van der Waals surface area contributed by atoms with Crippen LogP contribution in [0.3, 0.4) is 0 Å². The standard InChI is InChI=1S/C12H20F3N3O2/c1-8-4-3-5-18(6-8)9(2)10(19)17-11(20)16-7-12(13,14)15/h8-9H,3-7H2,1-2H3,(H2,16,17,19,20). The van der Waals surface area contributed by atoms with E-state index in [0.29, 0.717) is 5.92 Å². The molecule has 116 valence electrons. The van der Waals surface area contributed by atoms with Gasteiger partial charge in [-0.1, -0.05) is 6.92 Å². The highest BCUT2D eigenvalue weighted by Gasteiger charge is 2.29. The maximum atomic E-state index is 11.9. The second kappa shape index (κ2) is 6.92. The van der Waals surface area contributed by atoms with Crippen molar-refractivity contribution in [3.8, 4) is 0 Å². The number of likely N-dealkylation sites (tertiary alicyclic amines) is 1. The van der Waals surface area contributed by atoms with Gasteiger partial charge in [0, 0.05) is 6.54 Å². The summed E-state index contributed by atoms with van der Waals surface area (Å²) in [5.74, 6) is -0.114. The molecule has 1 fully saturated rings. The molecule has 0 aromatic heterocycles. The van der Waals surface area contributed by atoms with Gasteiger partial charge < -0.3 is 5.32 Å². The SMILES string of the molecule is CC1CCCN(C(C)C(=O)NC(=O)NCC(F)(F)F)C1. The minimum Gasteiger partial charge on any atom is -0.329 e. The van der Waals surface area contributed by atoms with Crippen LogP contribution in [0.2, 0.25) is 0 Å². The van der Waals surface area contributed by atoms with Crippen molar-refractivity contribution in [2.24, 2.45) is 5.92 Å². The molecule has 0 saturated carbocycles. The Kier molecular flexibility index (Phi) is 5.79. The van der Waals surface area contributed by atoms with Gasteiger partial charge in [-0.15, -0.1) is 0 Å². The molecule has 0 radical (unpaired) electrons. The smallest absolute Gasteiger partial charge is 0.329 e. The van der Waals surface area contributed by atoms with Crippen molar-refractivity contribution in [3.05, 3.63) is 0 Å². The van der Waals surface area contributed by atoms with Gasteiger partial charge in [-0.05, 0) is 32.2 Å². The lowest BCUT2D eigenvalue weighted by atomic mass is 9.99. The van der Waals surface area contributed by atoms with Crippen LogP contribution in [-0.4, -0.2) is 48.7 Å². The summed E-state index contributed by atoms with van der Waals surface area (Å²) in [7, 11) is 0. The Hall–Kier alpha value is -1.31. The molecule has 2 atom stereocenters. The number of halogens is 3. The zero-order chi connectivity index (χ0) is 15.3. The van der Waals surface area contributed by atoms with Gasteiger partial charge in [0.05, 0.1) is 6.04 Å². The van der Waals surface area contributed by atoms with E-state index >= 15 is 0 Å². The van der Waals surface area contributed by atoms with E-state index in [4.69, 9.17) is 0 Å². The summed E-state index contributed by atoms with van der Waals surface area (Å²) in [6, 6.07) is -1.65. The molecule has 0 spiro atoms. The molecule has 3 amide bonds. The van der Waals surface area contributed by atoms with Crippen LogP contribution in [-0.2, 0) is 4.79 Å². The van der Waals surface area contributed by atoms with Crippen LogP contribution >= 0.6 is 0 Å². The predicted octanol–water partition coefficient (Wildman–Crippen LogP) is 1.49. The van der Waals surface area contributed by atoms with E-state index in [0.717, 1.165) is 25.9 Å². The third-order valence-electron chi connectivity index (χ3n) is 3.30. The van der Waals surface area contributed by atoms with Crippen molar-refractivity contribution in [2.75, 3.05) is 19.6 Å². The number of amides is 3. The van der Waals surface area contributed by atoms with Crippen LogP contribution in [0.1, 0.15) is 26.7 Å². The monoisotopic (exact) mass is 295 g/mol. The van der Waals surface area contributed by atoms with Crippen molar-refractivity contribution in [3.63, 3.8) is 0 Å². The number of rotatable bonds is 3. The number of nitrogens with zero attached hydrogens (tertiary/aromatic N) is 1. The fourth-order valence-electron chi connectivity index (χ4n) is 2.18. The highest BCUT2D eigenvalue weighted by Crippen LogP contribution is 2.17. The zero-order valence-electron chi connectivity index (χ0n) is 11.6. The fraction of sp³-hybridized carbons (Fsp3) is 0.833. The van der Waals surface area contributed by atoms with Crippen molar-refractivity contribution in [2.45, 2.75) is 38.9 Å². The Morgan fingerprint density at radius 1 is 1.40 bits per heavy atom. The summed E-state index contributed by atoms with van der Waals surface area (Å²) in [6.07, 6.45) is -2.43. The molecular weight excluding hydrogens is 275 g/mol. The number of hydrogen-bond donors (Lipinski definition) is 2. The molecular formula is C12H20F3N3O2. The Labute approximate surface area is 115 Å². The Bertz CT molecular complexity index is 360. The largest absolute Gasteiger partial charge is 0.405 e. The molecule has 1 aliphatic heterocycles. The maximum Gasteiger partial charge on any atom is 0.405 e. The van der Waals surface area contributed by atoms with Crippen LogP contribution in [0.15, 0.2) is 0 Å².